The van der Waals surface area contributed by atoms with Crippen molar-refractivity contribution in [1.29, 1.82) is 0 Å². The predicted molar refractivity (Wildman–Crippen MR) is 40.4 cm³/mol. The summed E-state index contributed by atoms with van der Waals surface area (Å²) in [5.74, 6) is 0. The molecule has 0 aromatic carbocycles. The van der Waals surface area contributed by atoms with Crippen molar-refractivity contribution in [2.75, 3.05) is 0 Å². The second-order valence-electron chi connectivity index (χ2n) is 2.36. The normalized spacial score (nSPS) is 9.64. The summed E-state index contributed by atoms with van der Waals surface area (Å²) >= 11 is 0. The van der Waals surface area contributed by atoms with Crippen LogP contribution in [0.5, 0.6) is 0 Å². The highest BCUT2D eigenvalue weighted by molar-refractivity contribution is 5.40. The maximum absolute atomic E-state index is 10.3. The third-order valence-electron chi connectivity index (χ3n) is 1.64. The Morgan fingerprint density at radius 3 is 2.55 bits per heavy atom. The Balaban J connectivity index is 3.27. The van der Waals surface area contributed by atoms with E-state index in [-0.39, 0.29) is 5.69 Å². The second-order valence-corrected chi connectivity index (χ2v) is 2.36. The van der Waals surface area contributed by atoms with Crippen molar-refractivity contribution in [2.45, 2.75) is 13.8 Å². The third kappa shape index (κ3) is 1.34. The van der Waals surface area contributed by atoms with Crippen molar-refractivity contribution in [1.82, 2.24) is 4.98 Å². The number of rotatable bonds is 1. The van der Waals surface area contributed by atoms with Crippen LogP contribution in [0.15, 0.2) is 12.4 Å². The van der Waals surface area contributed by atoms with Crippen LogP contribution in [0.2, 0.25) is 0 Å². The summed E-state index contributed by atoms with van der Waals surface area (Å²) in [6.07, 6.45) is 2.88. The van der Waals surface area contributed by atoms with Gasteiger partial charge in [-0.25, -0.2) is 0 Å². The molecule has 58 valence electrons. The molecule has 0 unspecified atom stereocenters. The lowest BCUT2D eigenvalue weighted by Crippen LogP contribution is -1.94. The van der Waals surface area contributed by atoms with Crippen LogP contribution in [0.1, 0.15) is 11.1 Å². The van der Waals surface area contributed by atoms with E-state index in [4.69, 9.17) is 0 Å². The average Bonchev–Trinajstić information content (AvgIpc) is 1.94. The Labute approximate surface area is 64.0 Å². The Bertz CT molecular complexity index is 296. The summed E-state index contributed by atoms with van der Waals surface area (Å²) in [5, 5.41) is 10.3. The second kappa shape index (κ2) is 2.65. The number of nitro groups is 1. The molecule has 1 aromatic rings. The van der Waals surface area contributed by atoms with E-state index in [2.05, 4.69) is 4.98 Å². The van der Waals surface area contributed by atoms with Gasteiger partial charge in [0, 0.05) is 11.8 Å². The van der Waals surface area contributed by atoms with Crippen LogP contribution >= 0.6 is 0 Å². The number of aromatic nitrogens is 1. The van der Waals surface area contributed by atoms with E-state index in [1.807, 2.05) is 0 Å². The molecule has 0 radical (unpaired) electrons. The topological polar surface area (TPSA) is 56.0 Å². The van der Waals surface area contributed by atoms with E-state index in [0.29, 0.717) is 5.56 Å². The molecular formula is C7H8N2O2. The molecule has 0 fully saturated rings. The van der Waals surface area contributed by atoms with Crippen LogP contribution in [0, 0.1) is 24.0 Å². The first kappa shape index (κ1) is 7.65. The van der Waals surface area contributed by atoms with E-state index >= 15 is 0 Å². The molecule has 1 heterocycles. The minimum atomic E-state index is -0.421. The van der Waals surface area contributed by atoms with Gasteiger partial charge in [-0.3, -0.25) is 15.1 Å². The lowest BCUT2D eigenvalue weighted by atomic mass is 10.1. The van der Waals surface area contributed by atoms with Gasteiger partial charge in [-0.1, -0.05) is 0 Å². The summed E-state index contributed by atoms with van der Waals surface area (Å²) in [7, 11) is 0. The van der Waals surface area contributed by atoms with Gasteiger partial charge in [0.1, 0.15) is 6.20 Å². The highest BCUT2D eigenvalue weighted by Gasteiger charge is 2.10. The average molecular weight is 152 g/mol. The fraction of sp³-hybridized carbons (Fsp3) is 0.286. The van der Waals surface area contributed by atoms with E-state index in [9.17, 15) is 10.1 Å². The van der Waals surface area contributed by atoms with Crippen LogP contribution in [-0.2, 0) is 0 Å². The zero-order valence-electron chi connectivity index (χ0n) is 6.37. The molecule has 4 nitrogen and oxygen atoms in total. The molecule has 0 aliphatic carbocycles. The molecule has 0 spiro atoms. The van der Waals surface area contributed by atoms with E-state index in [1.54, 1.807) is 20.0 Å². The first-order valence-corrected chi connectivity index (χ1v) is 3.18. The summed E-state index contributed by atoms with van der Waals surface area (Å²) < 4.78 is 0. The van der Waals surface area contributed by atoms with Crippen LogP contribution in [0.25, 0.3) is 0 Å². The molecule has 0 N–H and O–H groups in total. The Morgan fingerprint density at radius 2 is 2.09 bits per heavy atom. The first-order chi connectivity index (χ1) is 5.13. The van der Waals surface area contributed by atoms with Crippen LogP contribution in [0.3, 0.4) is 0 Å². The van der Waals surface area contributed by atoms with Gasteiger partial charge in [0.15, 0.2) is 0 Å². The van der Waals surface area contributed by atoms with Gasteiger partial charge < -0.3 is 0 Å². The fourth-order valence-corrected chi connectivity index (χ4v) is 0.799. The number of pyridine rings is 1. The predicted octanol–water partition coefficient (Wildman–Crippen LogP) is 1.61. The van der Waals surface area contributed by atoms with Gasteiger partial charge in [0.2, 0.25) is 0 Å². The number of nitrogens with zero attached hydrogens (tertiary/aromatic N) is 2. The standard InChI is InChI=1S/C7H8N2O2/c1-5-3-8-4-7(6(5)2)9(10)11/h3-4H,1-2H3. The summed E-state index contributed by atoms with van der Waals surface area (Å²) in [5.41, 5.74) is 1.62. The van der Waals surface area contributed by atoms with Crippen LogP contribution in [0.4, 0.5) is 5.69 Å². The maximum atomic E-state index is 10.3. The number of hydrogen-bond donors (Lipinski definition) is 0. The van der Waals surface area contributed by atoms with Crippen molar-refractivity contribution in [3.05, 3.63) is 33.6 Å². The van der Waals surface area contributed by atoms with Gasteiger partial charge in [-0.15, -0.1) is 0 Å². The molecule has 0 aliphatic heterocycles. The van der Waals surface area contributed by atoms with Crippen molar-refractivity contribution in [3.63, 3.8) is 0 Å². The van der Waals surface area contributed by atoms with Gasteiger partial charge in [0.25, 0.3) is 5.69 Å². The Morgan fingerprint density at radius 1 is 1.45 bits per heavy atom. The molecule has 11 heavy (non-hydrogen) atoms. The monoisotopic (exact) mass is 152 g/mol. The molecule has 1 rings (SSSR count). The van der Waals surface area contributed by atoms with Gasteiger partial charge in [-0.05, 0) is 19.4 Å². The maximum Gasteiger partial charge on any atom is 0.290 e. The highest BCUT2D eigenvalue weighted by Crippen LogP contribution is 2.17. The minimum absolute atomic E-state index is 0.0880. The molecule has 4 heteroatoms. The molecule has 0 saturated heterocycles. The van der Waals surface area contributed by atoms with E-state index in [1.165, 1.54) is 6.20 Å². The zero-order valence-corrected chi connectivity index (χ0v) is 6.37. The largest absolute Gasteiger partial charge is 0.290 e. The number of aryl methyl sites for hydroxylation is 1. The Hall–Kier alpha value is -1.45. The minimum Gasteiger partial charge on any atom is -0.258 e. The smallest absolute Gasteiger partial charge is 0.258 e. The van der Waals surface area contributed by atoms with Crippen LogP contribution < -0.4 is 0 Å². The molecule has 0 amide bonds. The fourth-order valence-electron chi connectivity index (χ4n) is 0.799. The highest BCUT2D eigenvalue weighted by atomic mass is 16.6. The van der Waals surface area contributed by atoms with Crippen molar-refractivity contribution in [2.24, 2.45) is 0 Å². The molecule has 0 aliphatic rings. The van der Waals surface area contributed by atoms with Gasteiger partial charge in [0.05, 0.1) is 4.92 Å². The molecular weight excluding hydrogens is 144 g/mol. The van der Waals surface area contributed by atoms with Gasteiger partial charge >= 0.3 is 0 Å². The molecule has 0 saturated carbocycles. The van der Waals surface area contributed by atoms with Crippen molar-refractivity contribution < 1.29 is 4.92 Å². The molecule has 0 bridgehead atoms. The Kier molecular flexibility index (Phi) is 1.85. The molecule has 0 atom stereocenters. The van der Waals surface area contributed by atoms with Crippen LogP contribution in [-0.4, -0.2) is 9.91 Å². The van der Waals surface area contributed by atoms with E-state index < -0.39 is 4.92 Å². The SMILES string of the molecule is Cc1cncc([N+](=O)[O-])c1C. The summed E-state index contributed by atoms with van der Waals surface area (Å²) in [6, 6.07) is 0. The van der Waals surface area contributed by atoms with Crippen molar-refractivity contribution in [3.8, 4) is 0 Å². The third-order valence-corrected chi connectivity index (χ3v) is 1.64. The lowest BCUT2D eigenvalue weighted by molar-refractivity contribution is -0.385. The number of hydrogen-bond acceptors (Lipinski definition) is 3. The van der Waals surface area contributed by atoms with Gasteiger partial charge in [-0.2, -0.15) is 0 Å². The molecule has 1 aromatic heterocycles. The van der Waals surface area contributed by atoms with E-state index in [0.717, 1.165) is 5.56 Å². The summed E-state index contributed by atoms with van der Waals surface area (Å²) in [4.78, 5) is 13.6. The zero-order chi connectivity index (χ0) is 8.43. The first-order valence-electron chi connectivity index (χ1n) is 3.18. The lowest BCUT2D eigenvalue weighted by Gasteiger charge is -1.97. The van der Waals surface area contributed by atoms with Crippen molar-refractivity contribution >= 4 is 5.69 Å². The summed E-state index contributed by atoms with van der Waals surface area (Å²) in [6.45, 7) is 3.52. The quantitative estimate of drug-likeness (QED) is 0.453.